The summed E-state index contributed by atoms with van der Waals surface area (Å²) in [4.78, 5) is 6.63. The molecule has 86 valence electrons. The highest BCUT2D eigenvalue weighted by Crippen LogP contribution is 2.18. The van der Waals surface area contributed by atoms with E-state index >= 15 is 0 Å². The fourth-order valence-electron chi connectivity index (χ4n) is 1.68. The number of nitrogens with zero attached hydrogens (tertiary/aromatic N) is 3. The first-order chi connectivity index (χ1) is 7.58. The third-order valence-corrected chi connectivity index (χ3v) is 2.40. The zero-order chi connectivity index (χ0) is 12.1. The number of pyridine rings is 1. The molecule has 0 aromatic carbocycles. The fraction of sp³-hybridized carbons (Fsp3) is 0.538. The maximum atomic E-state index is 9.07. The number of aryl methyl sites for hydroxylation is 1. The lowest BCUT2D eigenvalue weighted by molar-refractivity contribution is 0.613. The summed E-state index contributed by atoms with van der Waals surface area (Å²) in [5, 5.41) is 9.07. The Labute approximate surface area is 97.7 Å². The van der Waals surface area contributed by atoms with Gasteiger partial charge in [-0.15, -0.1) is 0 Å². The van der Waals surface area contributed by atoms with E-state index in [9.17, 15) is 0 Å². The summed E-state index contributed by atoms with van der Waals surface area (Å²) in [5.41, 5.74) is 1.62. The second-order valence-corrected chi connectivity index (χ2v) is 4.37. The van der Waals surface area contributed by atoms with Gasteiger partial charge in [-0.3, -0.25) is 0 Å². The van der Waals surface area contributed by atoms with E-state index < -0.39 is 0 Å². The molecule has 0 amide bonds. The SMILES string of the molecule is CCN(CC(C)C)c1nc(C)ccc1C#N. The minimum absolute atomic E-state index is 0.564. The van der Waals surface area contributed by atoms with E-state index in [1.54, 1.807) is 0 Å². The van der Waals surface area contributed by atoms with Crippen molar-refractivity contribution in [1.82, 2.24) is 4.98 Å². The van der Waals surface area contributed by atoms with Crippen molar-refractivity contribution in [3.05, 3.63) is 23.4 Å². The third kappa shape index (κ3) is 2.96. The minimum atomic E-state index is 0.564. The molecule has 0 saturated heterocycles. The van der Waals surface area contributed by atoms with E-state index in [1.807, 2.05) is 19.1 Å². The van der Waals surface area contributed by atoms with Crippen LogP contribution in [-0.4, -0.2) is 18.1 Å². The summed E-state index contributed by atoms with van der Waals surface area (Å²) in [6.07, 6.45) is 0. The third-order valence-electron chi connectivity index (χ3n) is 2.40. The van der Waals surface area contributed by atoms with Crippen LogP contribution in [0, 0.1) is 24.2 Å². The molecule has 0 aliphatic carbocycles. The maximum absolute atomic E-state index is 9.07. The van der Waals surface area contributed by atoms with Gasteiger partial charge in [0.15, 0.2) is 0 Å². The molecule has 16 heavy (non-hydrogen) atoms. The Balaban J connectivity index is 3.08. The molecule has 1 heterocycles. The van der Waals surface area contributed by atoms with Crippen LogP contribution in [0.3, 0.4) is 0 Å². The van der Waals surface area contributed by atoms with Gasteiger partial charge in [-0.05, 0) is 31.9 Å². The van der Waals surface area contributed by atoms with Gasteiger partial charge >= 0.3 is 0 Å². The van der Waals surface area contributed by atoms with Crippen molar-refractivity contribution in [2.75, 3.05) is 18.0 Å². The summed E-state index contributed by atoms with van der Waals surface area (Å²) in [6.45, 7) is 10.2. The summed E-state index contributed by atoms with van der Waals surface area (Å²) in [7, 11) is 0. The Morgan fingerprint density at radius 2 is 2.12 bits per heavy atom. The van der Waals surface area contributed by atoms with Gasteiger partial charge in [-0.2, -0.15) is 5.26 Å². The van der Waals surface area contributed by atoms with Crippen LogP contribution < -0.4 is 4.90 Å². The van der Waals surface area contributed by atoms with E-state index in [0.717, 1.165) is 24.6 Å². The van der Waals surface area contributed by atoms with E-state index in [1.165, 1.54) is 0 Å². The molecule has 1 aromatic rings. The predicted octanol–water partition coefficient (Wildman–Crippen LogP) is 2.74. The number of hydrogen-bond donors (Lipinski definition) is 0. The average Bonchev–Trinajstić information content (AvgIpc) is 2.25. The molecule has 3 heteroatoms. The second-order valence-electron chi connectivity index (χ2n) is 4.37. The molecule has 0 saturated carbocycles. The zero-order valence-corrected chi connectivity index (χ0v) is 10.5. The lowest BCUT2D eigenvalue weighted by Gasteiger charge is -2.25. The highest BCUT2D eigenvalue weighted by atomic mass is 15.2. The monoisotopic (exact) mass is 217 g/mol. The molecule has 0 aliphatic rings. The van der Waals surface area contributed by atoms with Crippen LogP contribution in [0.15, 0.2) is 12.1 Å². The number of aromatic nitrogens is 1. The minimum Gasteiger partial charge on any atom is -0.356 e. The lowest BCUT2D eigenvalue weighted by atomic mass is 10.2. The maximum Gasteiger partial charge on any atom is 0.146 e. The van der Waals surface area contributed by atoms with Gasteiger partial charge in [-0.1, -0.05) is 13.8 Å². The fourth-order valence-corrected chi connectivity index (χ4v) is 1.68. The molecule has 3 nitrogen and oxygen atoms in total. The summed E-state index contributed by atoms with van der Waals surface area (Å²) in [6, 6.07) is 5.93. The molecular weight excluding hydrogens is 198 g/mol. The first-order valence-electron chi connectivity index (χ1n) is 5.71. The molecule has 0 aliphatic heterocycles. The number of anilines is 1. The Morgan fingerprint density at radius 1 is 1.44 bits per heavy atom. The molecule has 0 radical (unpaired) electrons. The molecule has 0 fully saturated rings. The molecule has 0 spiro atoms. The topological polar surface area (TPSA) is 39.9 Å². The molecule has 0 N–H and O–H groups in total. The van der Waals surface area contributed by atoms with Crippen LogP contribution in [0.2, 0.25) is 0 Å². The summed E-state index contributed by atoms with van der Waals surface area (Å²) < 4.78 is 0. The van der Waals surface area contributed by atoms with Gasteiger partial charge in [0.25, 0.3) is 0 Å². The van der Waals surface area contributed by atoms with Gasteiger partial charge in [0.1, 0.15) is 11.9 Å². The Morgan fingerprint density at radius 3 is 2.62 bits per heavy atom. The summed E-state index contributed by atoms with van der Waals surface area (Å²) >= 11 is 0. The van der Waals surface area contributed by atoms with Crippen molar-refractivity contribution in [3.8, 4) is 6.07 Å². The Bertz CT molecular complexity index is 391. The van der Waals surface area contributed by atoms with Crippen LogP contribution >= 0.6 is 0 Å². The van der Waals surface area contributed by atoms with E-state index in [-0.39, 0.29) is 0 Å². The highest BCUT2D eigenvalue weighted by molar-refractivity contribution is 5.54. The van der Waals surface area contributed by atoms with Crippen molar-refractivity contribution in [3.63, 3.8) is 0 Å². The van der Waals surface area contributed by atoms with E-state index in [0.29, 0.717) is 11.5 Å². The van der Waals surface area contributed by atoms with E-state index in [2.05, 4.69) is 36.7 Å². The van der Waals surface area contributed by atoms with Gasteiger partial charge in [0.05, 0.1) is 5.56 Å². The molecule has 0 bridgehead atoms. The highest BCUT2D eigenvalue weighted by Gasteiger charge is 2.12. The lowest BCUT2D eigenvalue weighted by Crippen LogP contribution is -2.29. The Kier molecular flexibility index (Phi) is 4.30. The largest absolute Gasteiger partial charge is 0.356 e. The van der Waals surface area contributed by atoms with Crippen molar-refractivity contribution < 1.29 is 0 Å². The van der Waals surface area contributed by atoms with Gasteiger partial charge < -0.3 is 4.90 Å². The van der Waals surface area contributed by atoms with Crippen molar-refractivity contribution in [2.45, 2.75) is 27.7 Å². The molecule has 1 rings (SSSR count). The first kappa shape index (κ1) is 12.5. The molecule has 0 atom stereocenters. The number of rotatable bonds is 4. The predicted molar refractivity (Wildman–Crippen MR) is 66.4 cm³/mol. The van der Waals surface area contributed by atoms with Gasteiger partial charge in [-0.25, -0.2) is 4.98 Å². The van der Waals surface area contributed by atoms with Crippen LogP contribution in [0.25, 0.3) is 0 Å². The van der Waals surface area contributed by atoms with Crippen LogP contribution in [0.4, 0.5) is 5.82 Å². The number of nitriles is 1. The molecule has 0 unspecified atom stereocenters. The van der Waals surface area contributed by atoms with Crippen LogP contribution in [-0.2, 0) is 0 Å². The van der Waals surface area contributed by atoms with Crippen LogP contribution in [0.5, 0.6) is 0 Å². The van der Waals surface area contributed by atoms with Crippen molar-refractivity contribution >= 4 is 5.82 Å². The summed E-state index contributed by atoms with van der Waals surface area (Å²) in [5.74, 6) is 1.38. The van der Waals surface area contributed by atoms with Crippen LogP contribution in [0.1, 0.15) is 32.0 Å². The second kappa shape index (κ2) is 5.50. The molecule has 1 aromatic heterocycles. The molecular formula is C13H19N3. The Hall–Kier alpha value is -1.56. The standard InChI is InChI=1S/C13H19N3/c1-5-16(9-10(2)3)13-12(8-14)7-6-11(4)15-13/h6-7,10H,5,9H2,1-4H3. The van der Waals surface area contributed by atoms with Crippen molar-refractivity contribution in [2.24, 2.45) is 5.92 Å². The first-order valence-corrected chi connectivity index (χ1v) is 5.71. The average molecular weight is 217 g/mol. The van der Waals surface area contributed by atoms with Crippen molar-refractivity contribution in [1.29, 1.82) is 5.26 Å². The van der Waals surface area contributed by atoms with Gasteiger partial charge in [0.2, 0.25) is 0 Å². The van der Waals surface area contributed by atoms with E-state index in [4.69, 9.17) is 5.26 Å². The normalized spacial score (nSPS) is 10.2. The number of hydrogen-bond acceptors (Lipinski definition) is 3. The van der Waals surface area contributed by atoms with Gasteiger partial charge in [0, 0.05) is 18.8 Å². The quantitative estimate of drug-likeness (QED) is 0.778. The zero-order valence-electron chi connectivity index (χ0n) is 10.5. The smallest absolute Gasteiger partial charge is 0.146 e.